The predicted octanol–water partition coefficient (Wildman–Crippen LogP) is 3.12. The van der Waals surface area contributed by atoms with Gasteiger partial charge in [0.2, 0.25) is 0 Å². The zero-order chi connectivity index (χ0) is 12.5. The minimum Gasteiger partial charge on any atom is -0.491 e. The maximum absolute atomic E-state index is 11.9. The summed E-state index contributed by atoms with van der Waals surface area (Å²) in [5.41, 5.74) is 2.08. The molecule has 0 fully saturated rings. The van der Waals surface area contributed by atoms with E-state index in [1.54, 1.807) is 12.1 Å². The van der Waals surface area contributed by atoms with Gasteiger partial charge in [-0.05, 0) is 18.2 Å². The molecule has 0 unspecified atom stereocenters. The topological polar surface area (TPSA) is 51.5 Å². The highest BCUT2D eigenvalue weighted by molar-refractivity contribution is 6.31. The Balaban J connectivity index is 1.91. The molecule has 0 bridgehead atoms. The summed E-state index contributed by atoms with van der Waals surface area (Å²) in [6.45, 7) is 0.615. The molecule has 2 aromatic rings. The van der Waals surface area contributed by atoms with Gasteiger partial charge < -0.3 is 14.5 Å². The Kier molecular flexibility index (Phi) is 2.72. The van der Waals surface area contributed by atoms with E-state index in [4.69, 9.17) is 20.8 Å². The smallest absolute Gasteiger partial charge is 0.259 e. The molecule has 18 heavy (non-hydrogen) atoms. The van der Waals surface area contributed by atoms with Gasteiger partial charge in [0, 0.05) is 17.0 Å². The number of nitrogens with one attached hydrogen (secondary N) is 1. The van der Waals surface area contributed by atoms with Gasteiger partial charge in [-0.1, -0.05) is 11.6 Å². The lowest BCUT2D eigenvalue weighted by molar-refractivity contribution is 0.102. The minimum absolute atomic E-state index is 0.247. The van der Waals surface area contributed by atoms with Crippen molar-refractivity contribution in [2.45, 2.75) is 6.42 Å². The Morgan fingerprint density at radius 1 is 1.39 bits per heavy atom. The average Bonchev–Trinajstić information content (AvgIpc) is 2.98. The number of ether oxygens (including phenoxy) is 1. The molecule has 1 aromatic heterocycles. The van der Waals surface area contributed by atoms with E-state index in [9.17, 15) is 4.79 Å². The van der Waals surface area contributed by atoms with Crippen molar-refractivity contribution in [3.05, 3.63) is 46.9 Å². The number of halogens is 1. The lowest BCUT2D eigenvalue weighted by Gasteiger charge is -2.09. The number of hydrogen-bond donors (Lipinski definition) is 1. The molecule has 0 aliphatic carbocycles. The van der Waals surface area contributed by atoms with Gasteiger partial charge in [-0.2, -0.15) is 0 Å². The van der Waals surface area contributed by atoms with E-state index < -0.39 is 0 Å². The lowest BCUT2D eigenvalue weighted by Crippen LogP contribution is -2.11. The Labute approximate surface area is 109 Å². The van der Waals surface area contributed by atoms with Gasteiger partial charge >= 0.3 is 0 Å². The van der Waals surface area contributed by atoms with Crippen LogP contribution in [0, 0.1) is 0 Å². The largest absolute Gasteiger partial charge is 0.491 e. The molecule has 1 aliphatic heterocycles. The van der Waals surface area contributed by atoms with Gasteiger partial charge in [-0.25, -0.2) is 0 Å². The molecule has 0 atom stereocenters. The third kappa shape index (κ3) is 1.95. The van der Waals surface area contributed by atoms with Crippen LogP contribution in [0.5, 0.6) is 5.75 Å². The van der Waals surface area contributed by atoms with Gasteiger partial charge in [0.25, 0.3) is 5.91 Å². The van der Waals surface area contributed by atoms with Crippen molar-refractivity contribution < 1.29 is 13.9 Å². The molecule has 4 nitrogen and oxygen atoms in total. The van der Waals surface area contributed by atoms with Crippen LogP contribution in [0.1, 0.15) is 15.9 Å². The number of benzene rings is 1. The molecule has 0 saturated carbocycles. The van der Waals surface area contributed by atoms with E-state index in [-0.39, 0.29) is 5.91 Å². The SMILES string of the molecule is O=C(Nc1cc(Cl)cc2c1OCC2)c1ccoc1. The molecule has 1 aliphatic rings. The van der Waals surface area contributed by atoms with E-state index in [0.29, 0.717) is 28.6 Å². The third-order valence-corrected chi connectivity index (χ3v) is 3.00. The summed E-state index contributed by atoms with van der Waals surface area (Å²) in [5, 5.41) is 3.36. The maximum atomic E-state index is 11.9. The highest BCUT2D eigenvalue weighted by Gasteiger charge is 2.19. The second-order valence-electron chi connectivity index (χ2n) is 4.01. The fourth-order valence-corrected chi connectivity index (χ4v) is 2.19. The van der Waals surface area contributed by atoms with E-state index in [2.05, 4.69) is 5.32 Å². The second kappa shape index (κ2) is 4.38. The molecule has 1 aromatic carbocycles. The summed E-state index contributed by atoms with van der Waals surface area (Å²) >= 11 is 6.01. The highest BCUT2D eigenvalue weighted by Crippen LogP contribution is 2.36. The minimum atomic E-state index is -0.247. The number of carbonyl (C=O) groups is 1. The first kappa shape index (κ1) is 11.2. The summed E-state index contributed by atoms with van der Waals surface area (Å²) in [6, 6.07) is 5.14. The van der Waals surface area contributed by atoms with Crippen LogP contribution in [0.4, 0.5) is 5.69 Å². The molecule has 2 heterocycles. The Morgan fingerprint density at radius 2 is 2.28 bits per heavy atom. The maximum Gasteiger partial charge on any atom is 0.259 e. The van der Waals surface area contributed by atoms with Gasteiger partial charge in [-0.3, -0.25) is 4.79 Å². The molecule has 0 spiro atoms. The van der Waals surface area contributed by atoms with Gasteiger partial charge in [0.15, 0.2) is 0 Å². The first-order valence-electron chi connectivity index (χ1n) is 5.53. The quantitative estimate of drug-likeness (QED) is 0.906. The first-order valence-corrected chi connectivity index (χ1v) is 5.90. The number of rotatable bonds is 2. The van der Waals surface area contributed by atoms with Crippen molar-refractivity contribution in [3.63, 3.8) is 0 Å². The van der Waals surface area contributed by atoms with Crippen molar-refractivity contribution >= 4 is 23.2 Å². The van der Waals surface area contributed by atoms with Gasteiger partial charge in [-0.15, -0.1) is 0 Å². The fourth-order valence-electron chi connectivity index (χ4n) is 1.95. The van der Waals surface area contributed by atoms with Crippen LogP contribution >= 0.6 is 11.6 Å². The van der Waals surface area contributed by atoms with Gasteiger partial charge in [0.1, 0.15) is 12.0 Å². The molecule has 92 valence electrons. The van der Waals surface area contributed by atoms with Crippen molar-refractivity contribution in [2.75, 3.05) is 11.9 Å². The Bertz CT molecular complexity index is 593. The first-order chi connectivity index (χ1) is 8.74. The van der Waals surface area contributed by atoms with Crippen LogP contribution in [0.3, 0.4) is 0 Å². The fraction of sp³-hybridized carbons (Fsp3) is 0.154. The molecule has 1 N–H and O–H groups in total. The standard InChI is InChI=1S/C13H10ClNO3/c14-10-5-8-2-4-18-12(8)11(6-10)15-13(16)9-1-3-17-7-9/h1,3,5-7H,2,4H2,(H,15,16). The number of anilines is 1. The number of amides is 1. The normalized spacial score (nSPS) is 12.9. The Hall–Kier alpha value is -1.94. The zero-order valence-electron chi connectivity index (χ0n) is 9.40. The Morgan fingerprint density at radius 3 is 3.06 bits per heavy atom. The van der Waals surface area contributed by atoms with Crippen LogP contribution in [0.15, 0.2) is 35.1 Å². The van der Waals surface area contributed by atoms with Crippen LogP contribution in [0.25, 0.3) is 0 Å². The van der Waals surface area contributed by atoms with Crippen LogP contribution in [0.2, 0.25) is 5.02 Å². The molecular formula is C13H10ClNO3. The summed E-state index contributed by atoms with van der Waals surface area (Å²) in [6.07, 6.45) is 3.65. The summed E-state index contributed by atoms with van der Waals surface area (Å²) < 4.78 is 10.4. The summed E-state index contributed by atoms with van der Waals surface area (Å²) in [4.78, 5) is 11.9. The molecule has 3 rings (SSSR count). The number of carbonyl (C=O) groups excluding carboxylic acids is 1. The molecule has 1 amide bonds. The number of fused-ring (bicyclic) bond motifs is 1. The van der Waals surface area contributed by atoms with E-state index >= 15 is 0 Å². The van der Waals surface area contributed by atoms with Gasteiger partial charge in [0.05, 0.1) is 24.1 Å². The van der Waals surface area contributed by atoms with Crippen molar-refractivity contribution in [2.24, 2.45) is 0 Å². The van der Waals surface area contributed by atoms with Crippen LogP contribution < -0.4 is 10.1 Å². The molecule has 0 radical (unpaired) electrons. The second-order valence-corrected chi connectivity index (χ2v) is 4.44. The van der Waals surface area contributed by atoms with Crippen molar-refractivity contribution in [3.8, 4) is 5.75 Å². The molecule has 5 heteroatoms. The van der Waals surface area contributed by atoms with E-state index in [0.717, 1.165) is 12.0 Å². The van der Waals surface area contributed by atoms with E-state index in [1.165, 1.54) is 12.5 Å². The monoisotopic (exact) mass is 263 g/mol. The molecule has 0 saturated heterocycles. The van der Waals surface area contributed by atoms with Crippen LogP contribution in [-0.4, -0.2) is 12.5 Å². The number of furan rings is 1. The summed E-state index contributed by atoms with van der Waals surface area (Å²) in [7, 11) is 0. The average molecular weight is 264 g/mol. The third-order valence-electron chi connectivity index (χ3n) is 2.78. The molecular weight excluding hydrogens is 254 g/mol. The van der Waals surface area contributed by atoms with Crippen molar-refractivity contribution in [1.29, 1.82) is 0 Å². The highest BCUT2D eigenvalue weighted by atomic mass is 35.5. The van der Waals surface area contributed by atoms with Crippen LogP contribution in [-0.2, 0) is 6.42 Å². The van der Waals surface area contributed by atoms with Crippen molar-refractivity contribution in [1.82, 2.24) is 0 Å². The zero-order valence-corrected chi connectivity index (χ0v) is 10.2. The lowest BCUT2D eigenvalue weighted by atomic mass is 10.1. The number of hydrogen-bond acceptors (Lipinski definition) is 3. The van der Waals surface area contributed by atoms with E-state index in [1.807, 2.05) is 6.07 Å². The predicted molar refractivity (Wildman–Crippen MR) is 67.3 cm³/mol. The summed E-state index contributed by atoms with van der Waals surface area (Å²) in [5.74, 6) is 0.458.